The van der Waals surface area contributed by atoms with E-state index in [2.05, 4.69) is 0 Å². The summed E-state index contributed by atoms with van der Waals surface area (Å²) in [4.78, 5) is 9.94. The second kappa shape index (κ2) is 6.17. The highest BCUT2D eigenvalue weighted by atomic mass is 35.5. The monoisotopic (exact) mass is 320 g/mol. The van der Waals surface area contributed by atoms with Gasteiger partial charge in [-0.1, -0.05) is 11.6 Å². The van der Waals surface area contributed by atoms with E-state index >= 15 is 0 Å². The number of halogens is 2. The van der Waals surface area contributed by atoms with Crippen LogP contribution >= 0.6 is 11.6 Å². The minimum atomic E-state index is -4.30. The van der Waals surface area contributed by atoms with Crippen molar-refractivity contribution in [3.63, 3.8) is 0 Å². The number of carboxylic acid groups (broad SMARTS) is 1. The van der Waals surface area contributed by atoms with Crippen molar-refractivity contribution in [3.8, 4) is 6.07 Å². The summed E-state index contributed by atoms with van der Waals surface area (Å²) in [5, 5.41) is 17.1. The molecule has 0 aliphatic heterocycles. The SMILES string of the molecule is CC(C#N)CNS(=O)(=O)c1cc(Cl)cc(C(=O)O)c1F. The molecule has 0 heterocycles. The number of carbonyl (C=O) groups is 1. The fourth-order valence-corrected chi connectivity index (χ4v) is 2.81. The normalized spacial score (nSPS) is 12.7. The van der Waals surface area contributed by atoms with Crippen LogP contribution in [-0.2, 0) is 10.0 Å². The number of nitriles is 1. The summed E-state index contributed by atoms with van der Waals surface area (Å²) in [6.07, 6.45) is 0. The molecule has 1 aromatic carbocycles. The molecule has 1 rings (SSSR count). The predicted molar refractivity (Wildman–Crippen MR) is 68.3 cm³/mol. The molecule has 0 saturated carbocycles. The van der Waals surface area contributed by atoms with E-state index in [1.165, 1.54) is 6.92 Å². The van der Waals surface area contributed by atoms with Gasteiger partial charge in [-0.2, -0.15) is 5.26 Å². The van der Waals surface area contributed by atoms with Gasteiger partial charge in [0, 0.05) is 11.6 Å². The predicted octanol–water partition coefficient (Wildman–Crippen LogP) is 1.62. The lowest BCUT2D eigenvalue weighted by atomic mass is 10.2. The molecule has 0 amide bonds. The number of hydrogen-bond acceptors (Lipinski definition) is 4. The second-order valence-electron chi connectivity index (χ2n) is 3.95. The van der Waals surface area contributed by atoms with Crippen LogP contribution in [0.2, 0.25) is 5.02 Å². The maximum atomic E-state index is 13.9. The first-order valence-corrected chi connectivity index (χ1v) is 7.16. The Hall–Kier alpha value is -1.69. The molecule has 20 heavy (non-hydrogen) atoms. The summed E-state index contributed by atoms with van der Waals surface area (Å²) in [7, 11) is -4.30. The van der Waals surface area contributed by atoms with E-state index in [0.29, 0.717) is 0 Å². The Bertz CT molecular complexity index is 684. The first kappa shape index (κ1) is 16.4. The Morgan fingerprint density at radius 2 is 2.20 bits per heavy atom. The van der Waals surface area contributed by atoms with Gasteiger partial charge in [0.15, 0.2) is 5.82 Å². The van der Waals surface area contributed by atoms with Gasteiger partial charge >= 0.3 is 5.97 Å². The molecule has 0 bridgehead atoms. The van der Waals surface area contributed by atoms with Crippen molar-refractivity contribution in [2.24, 2.45) is 5.92 Å². The molecule has 108 valence electrons. The molecule has 0 fully saturated rings. The van der Waals surface area contributed by atoms with Gasteiger partial charge in [-0.3, -0.25) is 0 Å². The van der Waals surface area contributed by atoms with Gasteiger partial charge in [0.1, 0.15) is 4.90 Å². The Balaban J connectivity index is 3.26. The van der Waals surface area contributed by atoms with Crippen LogP contribution < -0.4 is 4.72 Å². The molecule has 1 atom stereocenters. The van der Waals surface area contributed by atoms with Crippen LogP contribution in [0.3, 0.4) is 0 Å². The zero-order valence-electron chi connectivity index (χ0n) is 10.2. The number of sulfonamides is 1. The fourth-order valence-electron chi connectivity index (χ4n) is 1.27. The zero-order chi connectivity index (χ0) is 15.5. The van der Waals surface area contributed by atoms with E-state index in [4.69, 9.17) is 22.0 Å². The molecule has 0 saturated heterocycles. The fraction of sp³-hybridized carbons (Fsp3) is 0.273. The molecule has 0 aliphatic rings. The van der Waals surface area contributed by atoms with Gasteiger partial charge in [-0.25, -0.2) is 22.3 Å². The minimum Gasteiger partial charge on any atom is -0.478 e. The number of rotatable bonds is 5. The van der Waals surface area contributed by atoms with E-state index in [1.54, 1.807) is 6.07 Å². The van der Waals surface area contributed by atoms with Gasteiger partial charge < -0.3 is 5.11 Å². The molecule has 1 aromatic rings. The quantitative estimate of drug-likeness (QED) is 0.857. The lowest BCUT2D eigenvalue weighted by Gasteiger charge is -2.10. The average Bonchev–Trinajstić information content (AvgIpc) is 2.37. The Morgan fingerprint density at radius 3 is 2.70 bits per heavy atom. The molecule has 0 aliphatic carbocycles. The maximum absolute atomic E-state index is 13.9. The Kier molecular flexibility index (Phi) is 5.05. The highest BCUT2D eigenvalue weighted by Crippen LogP contribution is 2.23. The largest absolute Gasteiger partial charge is 0.478 e. The maximum Gasteiger partial charge on any atom is 0.338 e. The van der Waals surface area contributed by atoms with Crippen molar-refractivity contribution < 1.29 is 22.7 Å². The van der Waals surface area contributed by atoms with Gasteiger partial charge in [-0.05, 0) is 19.1 Å². The van der Waals surface area contributed by atoms with Crippen molar-refractivity contribution in [2.45, 2.75) is 11.8 Å². The number of nitrogens with one attached hydrogen (secondary N) is 1. The van der Waals surface area contributed by atoms with E-state index < -0.39 is 38.2 Å². The number of hydrogen-bond donors (Lipinski definition) is 2. The van der Waals surface area contributed by atoms with E-state index in [0.717, 1.165) is 12.1 Å². The molecular formula is C11H10ClFN2O4S. The molecule has 1 unspecified atom stereocenters. The van der Waals surface area contributed by atoms with Crippen molar-refractivity contribution in [1.29, 1.82) is 5.26 Å². The van der Waals surface area contributed by atoms with Crippen LogP contribution in [0.15, 0.2) is 17.0 Å². The Labute approximate surface area is 119 Å². The smallest absolute Gasteiger partial charge is 0.338 e. The van der Waals surface area contributed by atoms with Crippen LogP contribution in [0.25, 0.3) is 0 Å². The molecule has 0 aromatic heterocycles. The van der Waals surface area contributed by atoms with Crippen LogP contribution in [0.5, 0.6) is 0 Å². The number of carboxylic acids is 1. The first-order valence-electron chi connectivity index (χ1n) is 5.30. The number of benzene rings is 1. The third-order valence-corrected chi connectivity index (χ3v) is 3.96. The third kappa shape index (κ3) is 3.66. The van der Waals surface area contributed by atoms with Gasteiger partial charge in [0.2, 0.25) is 10.0 Å². The summed E-state index contributed by atoms with van der Waals surface area (Å²) in [6, 6.07) is 3.43. The highest BCUT2D eigenvalue weighted by molar-refractivity contribution is 7.89. The molecule has 0 spiro atoms. The lowest BCUT2D eigenvalue weighted by Crippen LogP contribution is -2.29. The summed E-state index contributed by atoms with van der Waals surface area (Å²) in [6.45, 7) is 1.24. The van der Waals surface area contributed by atoms with Crippen molar-refractivity contribution in [3.05, 3.63) is 28.5 Å². The standard InChI is InChI=1S/C11H10ClFN2O4S/c1-6(4-14)5-15-20(18,19)9-3-7(12)2-8(10(9)13)11(16)17/h2-3,6,15H,5H2,1H3,(H,16,17). The van der Waals surface area contributed by atoms with E-state index in [9.17, 15) is 17.6 Å². The molecule has 6 nitrogen and oxygen atoms in total. The number of aromatic carboxylic acids is 1. The molecule has 2 N–H and O–H groups in total. The number of nitrogens with zero attached hydrogens (tertiary/aromatic N) is 1. The lowest BCUT2D eigenvalue weighted by molar-refractivity contribution is 0.0691. The van der Waals surface area contributed by atoms with Crippen molar-refractivity contribution >= 4 is 27.6 Å². The van der Waals surface area contributed by atoms with E-state index in [-0.39, 0.29) is 11.6 Å². The first-order chi connectivity index (χ1) is 9.19. The molecular weight excluding hydrogens is 311 g/mol. The average molecular weight is 321 g/mol. The van der Waals surface area contributed by atoms with E-state index in [1.807, 2.05) is 4.72 Å². The zero-order valence-corrected chi connectivity index (χ0v) is 11.8. The molecule has 9 heteroatoms. The van der Waals surface area contributed by atoms with Crippen LogP contribution in [0.4, 0.5) is 4.39 Å². The van der Waals surface area contributed by atoms with Crippen LogP contribution in [0, 0.1) is 23.1 Å². The van der Waals surface area contributed by atoms with Crippen LogP contribution in [-0.4, -0.2) is 26.0 Å². The van der Waals surface area contributed by atoms with Crippen molar-refractivity contribution in [1.82, 2.24) is 4.72 Å². The summed E-state index contributed by atoms with van der Waals surface area (Å²) in [5.74, 6) is -3.66. The summed E-state index contributed by atoms with van der Waals surface area (Å²) >= 11 is 5.59. The third-order valence-electron chi connectivity index (χ3n) is 2.32. The van der Waals surface area contributed by atoms with Gasteiger partial charge in [0.25, 0.3) is 0 Å². The summed E-state index contributed by atoms with van der Waals surface area (Å²) in [5.41, 5.74) is -0.841. The minimum absolute atomic E-state index is 0.225. The van der Waals surface area contributed by atoms with Gasteiger partial charge in [0.05, 0.1) is 17.6 Å². The topological polar surface area (TPSA) is 107 Å². The van der Waals surface area contributed by atoms with Crippen molar-refractivity contribution in [2.75, 3.05) is 6.54 Å². The van der Waals surface area contributed by atoms with Gasteiger partial charge in [-0.15, -0.1) is 0 Å². The second-order valence-corrected chi connectivity index (χ2v) is 6.12. The molecule has 0 radical (unpaired) electrons. The van der Waals surface area contributed by atoms with Crippen LogP contribution in [0.1, 0.15) is 17.3 Å². The summed E-state index contributed by atoms with van der Waals surface area (Å²) < 4.78 is 39.7. The Morgan fingerprint density at radius 1 is 1.60 bits per heavy atom. The highest BCUT2D eigenvalue weighted by Gasteiger charge is 2.25.